The lowest BCUT2D eigenvalue weighted by molar-refractivity contribution is 0.0780. The van der Waals surface area contributed by atoms with Crippen LogP contribution in [0.15, 0.2) is 88.8 Å². The minimum atomic E-state index is -0.222. The first-order valence-corrected chi connectivity index (χ1v) is 16.7. The molecular weight excluding hydrogens is 620 g/mol. The van der Waals surface area contributed by atoms with Gasteiger partial charge in [-0.05, 0) is 66.4 Å². The number of amides is 1. The van der Waals surface area contributed by atoms with Gasteiger partial charge >= 0.3 is 0 Å². The van der Waals surface area contributed by atoms with Crippen molar-refractivity contribution >= 4 is 51.7 Å². The first-order valence-electron chi connectivity index (χ1n) is 15.1. The van der Waals surface area contributed by atoms with Crippen molar-refractivity contribution in [2.75, 3.05) is 43.4 Å². The van der Waals surface area contributed by atoms with Gasteiger partial charge in [-0.3, -0.25) is 14.2 Å². The molecule has 0 aliphatic carbocycles. The molecule has 1 saturated heterocycles. The van der Waals surface area contributed by atoms with Gasteiger partial charge in [-0.25, -0.2) is 9.97 Å². The smallest absolute Gasteiger partial charge is 0.264 e. The zero-order valence-electron chi connectivity index (χ0n) is 25.8. The first-order chi connectivity index (χ1) is 22.4. The maximum absolute atomic E-state index is 14.2. The zero-order chi connectivity index (χ0) is 31.9. The van der Waals surface area contributed by atoms with Crippen molar-refractivity contribution in [2.24, 2.45) is 0 Å². The topological polar surface area (TPSA) is 83.8 Å². The number of nitrogens with zero attached hydrogens (tertiary/aromatic N) is 6. The summed E-state index contributed by atoms with van der Waals surface area (Å²) < 4.78 is 7.11. The van der Waals surface area contributed by atoms with Crippen LogP contribution >= 0.6 is 23.4 Å². The lowest BCUT2D eigenvalue weighted by Crippen LogP contribution is -2.46. The highest BCUT2D eigenvalue weighted by molar-refractivity contribution is 7.98. The number of aromatic nitrogens is 3. The highest BCUT2D eigenvalue weighted by atomic mass is 35.5. The number of methoxy groups -OCH3 is 1. The van der Waals surface area contributed by atoms with Gasteiger partial charge in [0.1, 0.15) is 22.9 Å². The Morgan fingerprint density at radius 1 is 0.978 bits per heavy atom. The number of hydrogen-bond donors (Lipinski definition) is 0. The number of anilines is 2. The fourth-order valence-electron chi connectivity index (χ4n) is 6.55. The lowest BCUT2D eigenvalue weighted by atomic mass is 10.0. The largest absolute Gasteiger partial charge is 0.497 e. The normalized spacial score (nSPS) is 16.3. The van der Waals surface area contributed by atoms with Gasteiger partial charge in [0.15, 0.2) is 5.16 Å². The van der Waals surface area contributed by atoms with E-state index in [0.717, 1.165) is 40.9 Å². The molecule has 2 aliphatic rings. The Labute approximate surface area is 276 Å². The molecule has 7 rings (SSSR count). The third kappa shape index (κ3) is 5.25. The highest BCUT2D eigenvalue weighted by Gasteiger charge is 2.39. The summed E-state index contributed by atoms with van der Waals surface area (Å²) in [6.45, 7) is 1.62. The summed E-state index contributed by atoms with van der Waals surface area (Å²) in [5.74, 6) is 1.87. The zero-order valence-corrected chi connectivity index (χ0v) is 27.4. The Hall–Kier alpha value is -4.54. The van der Waals surface area contributed by atoms with Crippen molar-refractivity contribution in [1.82, 2.24) is 19.4 Å². The van der Waals surface area contributed by atoms with Crippen molar-refractivity contribution in [1.29, 1.82) is 0 Å². The Balaban J connectivity index is 1.39. The second-order valence-electron chi connectivity index (χ2n) is 11.5. The Morgan fingerprint density at radius 3 is 2.48 bits per heavy atom. The van der Waals surface area contributed by atoms with Gasteiger partial charge in [0.2, 0.25) is 0 Å². The molecule has 0 saturated carbocycles. The molecule has 0 radical (unpaired) electrons. The summed E-state index contributed by atoms with van der Waals surface area (Å²) in [6.07, 6.45) is 3.59. The summed E-state index contributed by atoms with van der Waals surface area (Å²) in [7, 11) is 3.46. The van der Waals surface area contributed by atoms with Crippen LogP contribution in [0.3, 0.4) is 0 Å². The molecule has 11 heteroatoms. The van der Waals surface area contributed by atoms with Crippen molar-refractivity contribution < 1.29 is 9.53 Å². The van der Waals surface area contributed by atoms with E-state index in [2.05, 4.69) is 15.9 Å². The number of pyridine rings is 1. The fraction of sp³-hybridized carbons (Fsp3) is 0.257. The Morgan fingerprint density at radius 2 is 1.74 bits per heavy atom. The molecule has 0 bridgehead atoms. The van der Waals surface area contributed by atoms with Crippen LogP contribution in [-0.4, -0.2) is 59.0 Å². The molecule has 9 nitrogen and oxygen atoms in total. The molecule has 234 valence electrons. The number of thioether (sulfide) groups is 1. The third-order valence-corrected chi connectivity index (χ3v) is 9.58. The predicted octanol–water partition coefficient (Wildman–Crippen LogP) is 6.56. The average molecular weight is 653 g/mol. The van der Waals surface area contributed by atoms with Crippen LogP contribution in [0.5, 0.6) is 5.75 Å². The van der Waals surface area contributed by atoms with E-state index < -0.39 is 0 Å². The van der Waals surface area contributed by atoms with Gasteiger partial charge in [0.25, 0.3) is 11.5 Å². The van der Waals surface area contributed by atoms with Crippen LogP contribution in [0, 0.1) is 0 Å². The number of hydrogen-bond acceptors (Lipinski definition) is 8. The molecule has 0 N–H and O–H groups in total. The van der Waals surface area contributed by atoms with Crippen LogP contribution in [0.1, 0.15) is 40.5 Å². The molecule has 5 aromatic rings. The summed E-state index contributed by atoms with van der Waals surface area (Å²) in [6, 6.07) is 24.9. The van der Waals surface area contributed by atoms with Gasteiger partial charge < -0.3 is 19.4 Å². The molecule has 2 aliphatic heterocycles. The molecule has 0 spiro atoms. The predicted molar refractivity (Wildman–Crippen MR) is 184 cm³/mol. The molecule has 46 heavy (non-hydrogen) atoms. The number of fused-ring (bicyclic) bond motifs is 2. The summed E-state index contributed by atoms with van der Waals surface area (Å²) >= 11 is 8.04. The van der Waals surface area contributed by atoms with E-state index in [1.54, 1.807) is 29.7 Å². The van der Waals surface area contributed by atoms with Gasteiger partial charge in [-0.2, -0.15) is 0 Å². The SMILES string of the molecule is COc1ccc(CN2CN(C)C(=O)c3c2nc(SC)nc3N2CCC[C@H]2c2cc3cccc(Cl)c3c(=O)n2-c2ccccc2)cc1. The number of carbonyl (C=O) groups is 1. The number of ether oxygens (including phenoxy) is 1. The van der Waals surface area contributed by atoms with Gasteiger partial charge in [-0.1, -0.05) is 65.8 Å². The van der Waals surface area contributed by atoms with Crippen molar-refractivity contribution in [3.05, 3.63) is 111 Å². The van der Waals surface area contributed by atoms with Gasteiger partial charge in [0.05, 0.1) is 30.2 Å². The standard InChI is InChI=1S/C35H33ClN6O3S/c1-39-21-40(20-22-14-16-25(45-2)17-15-22)31-30(33(39)43)32(38-35(37-31)46-3)41-18-8-13-27(41)28-19-23-9-7-12-26(36)29(23)34(44)42(28)24-10-5-4-6-11-24/h4-7,9-12,14-17,19,27H,8,13,18,20-21H2,1-3H3/t27-/m0/s1. The lowest BCUT2D eigenvalue weighted by Gasteiger charge is -2.38. The second-order valence-corrected chi connectivity index (χ2v) is 12.7. The molecular formula is C35H33ClN6O3S. The van der Waals surface area contributed by atoms with Crippen molar-refractivity contribution in [2.45, 2.75) is 30.6 Å². The molecule has 0 unspecified atom stereocenters. The van der Waals surface area contributed by atoms with E-state index in [1.165, 1.54) is 11.8 Å². The number of halogens is 1. The van der Waals surface area contributed by atoms with Gasteiger partial charge in [0, 0.05) is 31.5 Å². The highest BCUT2D eigenvalue weighted by Crippen LogP contribution is 2.42. The Kier molecular flexibility index (Phi) is 8.08. The van der Waals surface area contributed by atoms with Crippen LogP contribution in [0.4, 0.5) is 11.6 Å². The average Bonchev–Trinajstić information content (AvgIpc) is 3.57. The van der Waals surface area contributed by atoms with Gasteiger partial charge in [-0.15, -0.1) is 0 Å². The minimum absolute atomic E-state index is 0.125. The van der Waals surface area contributed by atoms with E-state index >= 15 is 0 Å². The summed E-state index contributed by atoms with van der Waals surface area (Å²) in [5, 5.41) is 2.27. The quantitative estimate of drug-likeness (QED) is 0.145. The number of para-hydroxylation sites is 1. The van der Waals surface area contributed by atoms with Crippen LogP contribution in [-0.2, 0) is 6.54 Å². The monoisotopic (exact) mass is 652 g/mol. The van der Waals surface area contributed by atoms with Crippen LogP contribution in [0.25, 0.3) is 16.5 Å². The maximum atomic E-state index is 14.2. The molecule has 1 atom stereocenters. The van der Waals surface area contributed by atoms with E-state index in [9.17, 15) is 9.59 Å². The van der Waals surface area contributed by atoms with E-state index in [4.69, 9.17) is 26.3 Å². The van der Waals surface area contributed by atoms with E-state index in [-0.39, 0.29) is 17.5 Å². The number of benzene rings is 3. The van der Waals surface area contributed by atoms with E-state index in [1.807, 2.05) is 73.0 Å². The second kappa shape index (κ2) is 12.3. The molecule has 2 aromatic heterocycles. The molecule has 1 amide bonds. The fourth-order valence-corrected chi connectivity index (χ4v) is 7.17. The summed E-state index contributed by atoms with van der Waals surface area (Å²) in [5.41, 5.74) is 2.96. The van der Waals surface area contributed by atoms with Crippen molar-refractivity contribution in [3.63, 3.8) is 0 Å². The summed E-state index contributed by atoms with van der Waals surface area (Å²) in [4.78, 5) is 44.1. The molecule has 1 fully saturated rings. The Bertz CT molecular complexity index is 2000. The number of rotatable bonds is 7. The molecule has 4 heterocycles. The molecule has 3 aromatic carbocycles. The van der Waals surface area contributed by atoms with Crippen LogP contribution in [0.2, 0.25) is 5.02 Å². The minimum Gasteiger partial charge on any atom is -0.497 e. The van der Waals surface area contributed by atoms with Crippen LogP contribution < -0.4 is 20.1 Å². The number of carbonyl (C=O) groups excluding carboxylic acids is 1. The maximum Gasteiger partial charge on any atom is 0.264 e. The third-order valence-electron chi connectivity index (χ3n) is 8.71. The van der Waals surface area contributed by atoms with Crippen molar-refractivity contribution in [3.8, 4) is 11.4 Å². The first kappa shape index (κ1) is 30.1. The van der Waals surface area contributed by atoms with E-state index in [0.29, 0.717) is 52.5 Å².